The number of nitrogens with one attached hydrogen (secondary N) is 1. The van der Waals surface area contributed by atoms with E-state index in [2.05, 4.69) is 47.1 Å². The summed E-state index contributed by atoms with van der Waals surface area (Å²) in [5.74, 6) is 0.473. The number of hydrogen-bond acceptors (Lipinski definition) is 3. The number of fused-ring (bicyclic) bond motifs is 1. The Morgan fingerprint density at radius 2 is 1.90 bits per heavy atom. The van der Waals surface area contributed by atoms with Gasteiger partial charge in [0.15, 0.2) is 0 Å². The van der Waals surface area contributed by atoms with E-state index in [0.717, 1.165) is 32.5 Å². The summed E-state index contributed by atoms with van der Waals surface area (Å²) in [6, 6.07) is 12.7. The Hall–Kier alpha value is -2.86. The van der Waals surface area contributed by atoms with Crippen LogP contribution in [0.25, 0.3) is 10.9 Å². The fourth-order valence-corrected chi connectivity index (χ4v) is 4.56. The maximum atomic E-state index is 13.2. The molecule has 3 heterocycles. The first-order chi connectivity index (χ1) is 14.5. The van der Waals surface area contributed by atoms with Gasteiger partial charge in [-0.15, -0.1) is 0 Å². The molecule has 6 heteroatoms. The van der Waals surface area contributed by atoms with E-state index < -0.39 is 0 Å². The minimum absolute atomic E-state index is 0.0219. The quantitative estimate of drug-likeness (QED) is 0.708. The molecule has 1 fully saturated rings. The number of benzene rings is 1. The molecule has 1 atom stereocenters. The van der Waals surface area contributed by atoms with Crippen LogP contribution in [0.4, 0.5) is 0 Å². The maximum Gasteiger partial charge on any atom is 0.274 e. The van der Waals surface area contributed by atoms with E-state index in [9.17, 15) is 9.59 Å². The van der Waals surface area contributed by atoms with Crippen molar-refractivity contribution in [2.45, 2.75) is 31.7 Å². The van der Waals surface area contributed by atoms with Crippen LogP contribution in [0.5, 0.6) is 0 Å². The molecule has 1 aromatic carbocycles. The van der Waals surface area contributed by atoms with Gasteiger partial charge in [-0.1, -0.05) is 37.3 Å². The fourth-order valence-electron chi connectivity index (χ4n) is 4.56. The van der Waals surface area contributed by atoms with Gasteiger partial charge in [-0.3, -0.25) is 9.59 Å². The first-order valence-corrected chi connectivity index (χ1v) is 10.7. The second-order valence-electron chi connectivity index (χ2n) is 8.48. The van der Waals surface area contributed by atoms with Gasteiger partial charge in [-0.2, -0.15) is 0 Å². The van der Waals surface area contributed by atoms with Crippen molar-refractivity contribution in [3.63, 3.8) is 0 Å². The molecule has 0 radical (unpaired) electrons. The van der Waals surface area contributed by atoms with Gasteiger partial charge in [0, 0.05) is 57.6 Å². The lowest BCUT2D eigenvalue weighted by atomic mass is 9.97. The number of likely N-dealkylation sites (tertiary alicyclic amines) is 1. The van der Waals surface area contributed by atoms with Crippen molar-refractivity contribution < 1.29 is 4.79 Å². The molecule has 3 aromatic rings. The topological polar surface area (TPSA) is 61.3 Å². The van der Waals surface area contributed by atoms with Gasteiger partial charge >= 0.3 is 0 Å². The van der Waals surface area contributed by atoms with E-state index in [-0.39, 0.29) is 17.5 Å². The molecule has 4 rings (SSSR count). The number of hydrogen-bond donors (Lipinski definition) is 1. The average Bonchev–Trinajstić information content (AvgIpc) is 3.26. The second kappa shape index (κ2) is 8.48. The summed E-state index contributed by atoms with van der Waals surface area (Å²) >= 11 is 0. The Morgan fingerprint density at radius 3 is 2.60 bits per heavy atom. The predicted octanol–water partition coefficient (Wildman–Crippen LogP) is 3.21. The summed E-state index contributed by atoms with van der Waals surface area (Å²) in [6.07, 6.45) is 5.31. The van der Waals surface area contributed by atoms with Gasteiger partial charge in [-0.25, -0.2) is 0 Å². The van der Waals surface area contributed by atoms with Gasteiger partial charge in [0.2, 0.25) is 0 Å². The largest absolute Gasteiger partial charge is 0.357 e. The average molecular weight is 407 g/mol. The Kier molecular flexibility index (Phi) is 5.77. The predicted molar refractivity (Wildman–Crippen MR) is 120 cm³/mol. The monoisotopic (exact) mass is 406 g/mol. The van der Waals surface area contributed by atoms with Gasteiger partial charge < -0.3 is 19.4 Å². The molecular weight excluding hydrogens is 376 g/mol. The molecule has 158 valence electrons. The summed E-state index contributed by atoms with van der Waals surface area (Å²) in [5.41, 5.74) is 2.32. The van der Waals surface area contributed by atoms with Crippen molar-refractivity contribution in [3.8, 4) is 0 Å². The van der Waals surface area contributed by atoms with Crippen LogP contribution < -0.4 is 5.56 Å². The molecule has 0 bridgehead atoms. The van der Waals surface area contributed by atoms with Gasteiger partial charge in [-0.05, 0) is 30.4 Å². The maximum absolute atomic E-state index is 13.2. The van der Waals surface area contributed by atoms with Crippen LogP contribution in [-0.2, 0) is 7.05 Å². The number of rotatable bonds is 5. The van der Waals surface area contributed by atoms with Crippen LogP contribution in [0.2, 0.25) is 0 Å². The first-order valence-electron chi connectivity index (χ1n) is 10.7. The molecule has 0 saturated carbocycles. The van der Waals surface area contributed by atoms with Crippen LogP contribution in [-0.4, -0.2) is 58.0 Å². The number of aryl methyl sites for hydroxylation is 1. The number of amides is 1. The lowest BCUT2D eigenvalue weighted by molar-refractivity contribution is 0.0640. The molecule has 0 aliphatic carbocycles. The van der Waals surface area contributed by atoms with Crippen molar-refractivity contribution >= 4 is 16.8 Å². The van der Waals surface area contributed by atoms with E-state index in [4.69, 9.17) is 0 Å². The minimum atomic E-state index is -0.116. The third-order valence-corrected chi connectivity index (χ3v) is 6.45. The fraction of sp³-hybridized carbons (Fsp3) is 0.417. The molecule has 1 N–H and O–H groups in total. The number of aromatic amines is 1. The van der Waals surface area contributed by atoms with Crippen molar-refractivity contribution in [2.75, 3.05) is 26.7 Å². The highest BCUT2D eigenvalue weighted by molar-refractivity contribution is 6.05. The Balaban J connectivity index is 1.40. The number of nitrogens with zero attached hydrogens (tertiary/aromatic N) is 3. The van der Waals surface area contributed by atoms with E-state index in [1.807, 2.05) is 18.0 Å². The zero-order chi connectivity index (χ0) is 21.3. The lowest BCUT2D eigenvalue weighted by Crippen LogP contribution is -2.46. The zero-order valence-electron chi connectivity index (χ0n) is 18.0. The molecule has 1 unspecified atom stereocenters. The molecule has 1 saturated heterocycles. The van der Waals surface area contributed by atoms with Crippen LogP contribution in [0.15, 0.2) is 53.6 Å². The van der Waals surface area contributed by atoms with Crippen LogP contribution >= 0.6 is 0 Å². The highest BCUT2D eigenvalue weighted by atomic mass is 16.2. The Labute approximate surface area is 177 Å². The third-order valence-electron chi connectivity index (χ3n) is 6.45. The van der Waals surface area contributed by atoms with Crippen molar-refractivity contribution in [1.29, 1.82) is 0 Å². The minimum Gasteiger partial charge on any atom is -0.357 e. The number of H-pyrrole nitrogens is 1. The Bertz CT molecular complexity index is 1080. The highest BCUT2D eigenvalue weighted by Crippen LogP contribution is 2.23. The number of carbonyl (C=O) groups excluding carboxylic acids is 1. The third kappa shape index (κ3) is 3.92. The molecule has 1 amide bonds. The SMILES string of the molecule is CC(CN1CCC(N(C)C(=O)c2cn(C)c(=O)c3[nH]ccc23)CC1)c1ccccc1. The van der Waals surface area contributed by atoms with Crippen LogP contribution in [0, 0.1) is 0 Å². The number of carbonyl (C=O) groups is 1. The normalized spacial score (nSPS) is 16.6. The number of pyridine rings is 1. The number of aromatic nitrogens is 2. The summed E-state index contributed by atoms with van der Waals surface area (Å²) in [7, 11) is 3.57. The van der Waals surface area contributed by atoms with E-state index >= 15 is 0 Å². The molecule has 1 aliphatic rings. The molecule has 30 heavy (non-hydrogen) atoms. The van der Waals surface area contributed by atoms with Crippen LogP contribution in [0.3, 0.4) is 0 Å². The van der Waals surface area contributed by atoms with Crippen molar-refractivity contribution in [2.24, 2.45) is 7.05 Å². The lowest BCUT2D eigenvalue weighted by Gasteiger charge is -2.37. The zero-order valence-corrected chi connectivity index (χ0v) is 18.0. The second-order valence-corrected chi connectivity index (χ2v) is 8.48. The molecule has 1 aliphatic heterocycles. The van der Waals surface area contributed by atoms with Crippen molar-refractivity contribution in [3.05, 3.63) is 70.3 Å². The van der Waals surface area contributed by atoms with E-state index in [1.165, 1.54) is 10.1 Å². The highest BCUT2D eigenvalue weighted by Gasteiger charge is 2.28. The van der Waals surface area contributed by atoms with E-state index in [1.54, 1.807) is 19.4 Å². The Morgan fingerprint density at radius 1 is 1.20 bits per heavy atom. The summed E-state index contributed by atoms with van der Waals surface area (Å²) < 4.78 is 1.48. The smallest absolute Gasteiger partial charge is 0.274 e. The van der Waals surface area contributed by atoms with E-state index in [0.29, 0.717) is 22.4 Å². The summed E-state index contributed by atoms with van der Waals surface area (Å²) in [5, 5.41) is 0.698. The number of piperidine rings is 1. The van der Waals surface area contributed by atoms with Crippen molar-refractivity contribution in [1.82, 2.24) is 19.4 Å². The standard InChI is InChI=1S/C24H30N4O2/c1-17(18-7-5-4-6-8-18)15-28-13-10-19(11-14-28)27(3)23(29)21-16-26(2)24(30)22-20(21)9-12-25-22/h4-9,12,16-17,19,25H,10-11,13-15H2,1-3H3. The molecule has 6 nitrogen and oxygen atoms in total. The van der Waals surface area contributed by atoms with Gasteiger partial charge in [0.25, 0.3) is 11.5 Å². The van der Waals surface area contributed by atoms with Crippen LogP contribution in [0.1, 0.15) is 41.6 Å². The first kappa shape index (κ1) is 20.4. The molecular formula is C24H30N4O2. The summed E-state index contributed by atoms with van der Waals surface area (Å²) in [4.78, 5) is 32.8. The van der Waals surface area contributed by atoms with Gasteiger partial charge in [0.1, 0.15) is 5.52 Å². The summed E-state index contributed by atoms with van der Waals surface area (Å²) in [6.45, 7) is 5.30. The molecule has 0 spiro atoms. The molecule has 2 aromatic heterocycles. The van der Waals surface area contributed by atoms with Gasteiger partial charge in [0.05, 0.1) is 5.56 Å².